The molecule has 0 N–H and O–H groups in total. The molecule has 0 saturated heterocycles. The summed E-state index contributed by atoms with van der Waals surface area (Å²) in [4.78, 5) is 3.74. The number of nitrogens with zero attached hydrogens (tertiary/aromatic N) is 1. The van der Waals surface area contributed by atoms with Crippen LogP contribution in [0.5, 0.6) is 5.75 Å². The van der Waals surface area contributed by atoms with Crippen molar-refractivity contribution in [2.75, 3.05) is 0 Å². The largest absolute Gasteiger partial charge is 0.871 e. The average molecular weight is 134 g/mol. The molecule has 1 aromatic carbocycles. The van der Waals surface area contributed by atoms with Crippen LogP contribution in [-0.2, 0) is 0 Å². The second kappa shape index (κ2) is 1.73. The van der Waals surface area contributed by atoms with Crippen molar-refractivity contribution in [2.24, 2.45) is 0 Å². The van der Waals surface area contributed by atoms with Crippen molar-refractivity contribution in [2.45, 2.75) is 0 Å². The Morgan fingerprint density at radius 3 is 3.10 bits per heavy atom. The SMILES string of the molecule is [O-]c1cccc2ocnc12. The highest BCUT2D eigenvalue weighted by Gasteiger charge is 1.94. The standard InChI is InChI=1S/C7H5NO2/c9-5-2-1-3-6-7(5)8-4-10-6/h1-4,9H/p-1. The molecule has 3 nitrogen and oxygen atoms in total. The first-order valence-electron chi connectivity index (χ1n) is 2.87. The third-order valence-electron chi connectivity index (χ3n) is 1.32. The zero-order valence-corrected chi connectivity index (χ0v) is 5.07. The summed E-state index contributed by atoms with van der Waals surface area (Å²) >= 11 is 0. The van der Waals surface area contributed by atoms with Gasteiger partial charge in [-0.2, -0.15) is 0 Å². The Labute approximate surface area is 56.9 Å². The summed E-state index contributed by atoms with van der Waals surface area (Å²) in [5.74, 6) is -0.0914. The fourth-order valence-corrected chi connectivity index (χ4v) is 0.860. The maximum atomic E-state index is 10.9. The van der Waals surface area contributed by atoms with Gasteiger partial charge in [-0.25, -0.2) is 4.98 Å². The maximum absolute atomic E-state index is 10.9. The Balaban J connectivity index is 2.95. The van der Waals surface area contributed by atoms with Crippen LogP contribution in [0.2, 0.25) is 0 Å². The van der Waals surface area contributed by atoms with Crippen LogP contribution in [0.25, 0.3) is 11.1 Å². The van der Waals surface area contributed by atoms with Gasteiger partial charge in [0.25, 0.3) is 0 Å². The number of benzene rings is 1. The lowest BCUT2D eigenvalue weighted by Crippen LogP contribution is -1.88. The Kier molecular flexibility index (Phi) is 0.917. The van der Waals surface area contributed by atoms with E-state index in [1.165, 1.54) is 12.5 Å². The Morgan fingerprint density at radius 1 is 1.40 bits per heavy atom. The van der Waals surface area contributed by atoms with Gasteiger partial charge >= 0.3 is 0 Å². The van der Waals surface area contributed by atoms with E-state index in [9.17, 15) is 5.11 Å². The molecule has 0 saturated carbocycles. The van der Waals surface area contributed by atoms with E-state index in [4.69, 9.17) is 4.42 Å². The molecule has 1 aromatic heterocycles. The molecule has 50 valence electrons. The van der Waals surface area contributed by atoms with Crippen LogP contribution in [0.1, 0.15) is 0 Å². The number of oxazole rings is 1. The van der Waals surface area contributed by atoms with Gasteiger partial charge < -0.3 is 9.52 Å². The topological polar surface area (TPSA) is 49.1 Å². The quantitative estimate of drug-likeness (QED) is 0.537. The lowest BCUT2D eigenvalue weighted by atomic mass is 10.3. The normalized spacial score (nSPS) is 10.4. The smallest absolute Gasteiger partial charge is 0.181 e. The molecule has 0 spiro atoms. The van der Waals surface area contributed by atoms with E-state index in [-0.39, 0.29) is 5.75 Å². The van der Waals surface area contributed by atoms with Gasteiger partial charge in [-0.1, -0.05) is 17.9 Å². The van der Waals surface area contributed by atoms with Gasteiger partial charge in [-0.3, -0.25) is 0 Å². The van der Waals surface area contributed by atoms with E-state index < -0.39 is 0 Å². The molecule has 0 atom stereocenters. The molecular weight excluding hydrogens is 130 g/mol. The number of fused-ring (bicyclic) bond motifs is 1. The molecule has 0 amide bonds. The molecule has 0 unspecified atom stereocenters. The highest BCUT2D eigenvalue weighted by Crippen LogP contribution is 2.18. The molecule has 0 aliphatic rings. The van der Waals surface area contributed by atoms with Crippen LogP contribution < -0.4 is 5.11 Å². The van der Waals surface area contributed by atoms with Gasteiger partial charge in [-0.15, -0.1) is 0 Å². The third-order valence-corrected chi connectivity index (χ3v) is 1.32. The Bertz CT molecular complexity index is 353. The molecule has 0 radical (unpaired) electrons. The number of para-hydroxylation sites is 1. The van der Waals surface area contributed by atoms with Gasteiger partial charge in [0.1, 0.15) is 5.52 Å². The monoisotopic (exact) mass is 134 g/mol. The number of aromatic nitrogens is 1. The summed E-state index contributed by atoms with van der Waals surface area (Å²) in [7, 11) is 0. The highest BCUT2D eigenvalue weighted by molar-refractivity contribution is 5.78. The van der Waals surface area contributed by atoms with Crippen molar-refractivity contribution in [1.82, 2.24) is 4.98 Å². The van der Waals surface area contributed by atoms with Crippen molar-refractivity contribution in [3.8, 4) is 5.75 Å². The molecule has 10 heavy (non-hydrogen) atoms. The number of hydrogen-bond acceptors (Lipinski definition) is 3. The van der Waals surface area contributed by atoms with Crippen LogP contribution in [0.15, 0.2) is 29.0 Å². The predicted molar refractivity (Wildman–Crippen MR) is 33.5 cm³/mol. The van der Waals surface area contributed by atoms with E-state index in [1.54, 1.807) is 12.1 Å². The van der Waals surface area contributed by atoms with E-state index in [0.29, 0.717) is 11.1 Å². The van der Waals surface area contributed by atoms with Crippen molar-refractivity contribution < 1.29 is 9.52 Å². The van der Waals surface area contributed by atoms with E-state index in [0.717, 1.165) is 0 Å². The number of hydrogen-bond donors (Lipinski definition) is 0. The molecule has 0 aliphatic carbocycles. The minimum absolute atomic E-state index is 0.0914. The summed E-state index contributed by atoms with van der Waals surface area (Å²) in [6.45, 7) is 0. The molecule has 0 bridgehead atoms. The lowest BCUT2D eigenvalue weighted by molar-refractivity contribution is -0.266. The molecule has 0 aliphatic heterocycles. The van der Waals surface area contributed by atoms with Crippen LogP contribution in [0, 0.1) is 0 Å². The van der Waals surface area contributed by atoms with E-state index >= 15 is 0 Å². The highest BCUT2D eigenvalue weighted by atomic mass is 16.3. The van der Waals surface area contributed by atoms with Gasteiger partial charge in [0.2, 0.25) is 0 Å². The first-order valence-corrected chi connectivity index (χ1v) is 2.87. The minimum atomic E-state index is -0.0914. The Hall–Kier alpha value is -1.51. The van der Waals surface area contributed by atoms with Crippen LogP contribution in [0.4, 0.5) is 0 Å². The van der Waals surface area contributed by atoms with Gasteiger partial charge in [-0.05, 0) is 6.07 Å². The first kappa shape index (κ1) is 5.29. The average Bonchev–Trinajstić information content (AvgIpc) is 2.36. The first-order chi connectivity index (χ1) is 4.88. The summed E-state index contributed by atoms with van der Waals surface area (Å²) in [5.41, 5.74) is 0.954. The fraction of sp³-hybridized carbons (Fsp3) is 0. The molecule has 1 heterocycles. The zero-order valence-electron chi connectivity index (χ0n) is 5.07. The summed E-state index contributed by atoms with van der Waals surface area (Å²) in [6.07, 6.45) is 1.27. The van der Waals surface area contributed by atoms with E-state index in [1.807, 2.05) is 0 Å². The molecule has 2 rings (SSSR count). The van der Waals surface area contributed by atoms with Crippen LogP contribution in [-0.4, -0.2) is 4.98 Å². The molecule has 2 aromatic rings. The number of rotatable bonds is 0. The summed E-state index contributed by atoms with van der Waals surface area (Å²) in [5, 5.41) is 10.9. The zero-order chi connectivity index (χ0) is 6.97. The minimum Gasteiger partial charge on any atom is -0.871 e. The van der Waals surface area contributed by atoms with Gasteiger partial charge in [0.15, 0.2) is 12.0 Å². The van der Waals surface area contributed by atoms with E-state index in [2.05, 4.69) is 4.98 Å². The molecular formula is C7H4NO2-. The lowest BCUT2D eigenvalue weighted by Gasteiger charge is -2.01. The molecule has 0 fully saturated rings. The predicted octanol–water partition coefficient (Wildman–Crippen LogP) is 0.901. The summed E-state index contributed by atoms with van der Waals surface area (Å²) in [6, 6.07) is 4.82. The molecule has 3 heteroatoms. The van der Waals surface area contributed by atoms with Crippen LogP contribution in [0.3, 0.4) is 0 Å². The van der Waals surface area contributed by atoms with Crippen molar-refractivity contribution >= 4 is 11.1 Å². The Morgan fingerprint density at radius 2 is 2.30 bits per heavy atom. The second-order valence-corrected chi connectivity index (χ2v) is 1.96. The summed E-state index contributed by atoms with van der Waals surface area (Å²) < 4.78 is 4.89. The third kappa shape index (κ3) is 0.572. The van der Waals surface area contributed by atoms with Crippen molar-refractivity contribution in [1.29, 1.82) is 0 Å². The van der Waals surface area contributed by atoms with Gasteiger partial charge in [0, 0.05) is 0 Å². The maximum Gasteiger partial charge on any atom is 0.181 e. The van der Waals surface area contributed by atoms with Crippen molar-refractivity contribution in [3.05, 3.63) is 24.6 Å². The fourth-order valence-electron chi connectivity index (χ4n) is 0.860. The van der Waals surface area contributed by atoms with Gasteiger partial charge in [0.05, 0.1) is 0 Å². The van der Waals surface area contributed by atoms with Crippen molar-refractivity contribution in [3.63, 3.8) is 0 Å². The second-order valence-electron chi connectivity index (χ2n) is 1.96. The van der Waals surface area contributed by atoms with Crippen LogP contribution >= 0.6 is 0 Å².